The number of rotatable bonds is 4. The minimum Gasteiger partial charge on any atom is -0.342 e. The molecule has 2 aromatic heterocycles. The van der Waals surface area contributed by atoms with Gasteiger partial charge >= 0.3 is 0 Å². The molecule has 4 aromatic rings. The third-order valence-corrected chi connectivity index (χ3v) is 5.80. The van der Waals surface area contributed by atoms with E-state index in [2.05, 4.69) is 15.1 Å². The fourth-order valence-corrected chi connectivity index (χ4v) is 4.29. The van der Waals surface area contributed by atoms with E-state index in [4.69, 9.17) is 0 Å². The van der Waals surface area contributed by atoms with Crippen LogP contribution in [0.4, 0.5) is 8.78 Å². The SMILES string of the molecule is O=C(c1ccccc1-n1cccn1)N1CCCCC1Cc1nc2c(F)c(F)ccc2[nH]1. The van der Waals surface area contributed by atoms with Crippen LogP contribution < -0.4 is 0 Å². The predicted octanol–water partition coefficient (Wildman–Crippen LogP) is 4.26. The highest BCUT2D eigenvalue weighted by atomic mass is 19.2. The van der Waals surface area contributed by atoms with Crippen LogP contribution in [0.2, 0.25) is 0 Å². The summed E-state index contributed by atoms with van der Waals surface area (Å²) in [6.07, 6.45) is 6.68. The topological polar surface area (TPSA) is 66.8 Å². The number of piperidine rings is 1. The van der Waals surface area contributed by atoms with Crippen molar-refractivity contribution >= 4 is 16.9 Å². The van der Waals surface area contributed by atoms with Crippen LogP contribution in [0.3, 0.4) is 0 Å². The van der Waals surface area contributed by atoms with Gasteiger partial charge in [0.05, 0.1) is 16.8 Å². The van der Waals surface area contributed by atoms with Crippen molar-refractivity contribution < 1.29 is 13.6 Å². The molecule has 1 unspecified atom stereocenters. The first-order chi connectivity index (χ1) is 15.1. The monoisotopic (exact) mass is 421 g/mol. The highest BCUT2D eigenvalue weighted by molar-refractivity contribution is 5.98. The first-order valence-electron chi connectivity index (χ1n) is 10.3. The molecule has 6 nitrogen and oxygen atoms in total. The van der Waals surface area contributed by atoms with Gasteiger partial charge in [0.2, 0.25) is 0 Å². The van der Waals surface area contributed by atoms with Crippen LogP contribution in [-0.4, -0.2) is 43.1 Å². The molecule has 3 heterocycles. The molecule has 1 atom stereocenters. The standard InChI is InChI=1S/C23H21F2N5O/c24-17-9-10-18-22(21(17)25)28-20(27-18)14-15-6-3-4-12-29(15)23(31)16-7-1-2-8-19(16)30-13-5-11-26-30/h1-2,5,7-11,13,15H,3-4,6,12,14H2,(H,27,28). The Morgan fingerprint density at radius 1 is 1.13 bits per heavy atom. The first kappa shape index (κ1) is 19.4. The summed E-state index contributed by atoms with van der Waals surface area (Å²) in [6, 6.07) is 11.7. The van der Waals surface area contributed by atoms with Gasteiger partial charge in [-0.25, -0.2) is 18.4 Å². The second-order valence-corrected chi connectivity index (χ2v) is 7.76. The summed E-state index contributed by atoms with van der Waals surface area (Å²) in [4.78, 5) is 22.7. The summed E-state index contributed by atoms with van der Waals surface area (Å²) >= 11 is 0. The molecule has 1 fully saturated rings. The number of likely N-dealkylation sites (tertiary alicyclic amines) is 1. The fourth-order valence-electron chi connectivity index (χ4n) is 4.29. The van der Waals surface area contributed by atoms with E-state index in [9.17, 15) is 13.6 Å². The van der Waals surface area contributed by atoms with E-state index in [1.807, 2.05) is 41.4 Å². The Morgan fingerprint density at radius 2 is 2.00 bits per heavy atom. The average molecular weight is 421 g/mol. The van der Waals surface area contributed by atoms with Crippen LogP contribution in [0, 0.1) is 11.6 Å². The van der Waals surface area contributed by atoms with E-state index in [1.165, 1.54) is 6.07 Å². The summed E-state index contributed by atoms with van der Waals surface area (Å²) in [7, 11) is 0. The number of amides is 1. The number of fused-ring (bicyclic) bond motifs is 1. The molecule has 158 valence electrons. The summed E-state index contributed by atoms with van der Waals surface area (Å²) in [5.74, 6) is -1.39. The van der Waals surface area contributed by atoms with E-state index in [0.29, 0.717) is 29.9 Å². The van der Waals surface area contributed by atoms with Gasteiger partial charge in [-0.1, -0.05) is 12.1 Å². The van der Waals surface area contributed by atoms with Crippen LogP contribution in [0.15, 0.2) is 54.9 Å². The Kier molecular flexibility index (Phi) is 4.97. The number of nitrogens with zero attached hydrogens (tertiary/aromatic N) is 4. The second kappa shape index (κ2) is 7.94. The molecule has 31 heavy (non-hydrogen) atoms. The Hall–Kier alpha value is -3.55. The number of H-pyrrole nitrogens is 1. The third-order valence-electron chi connectivity index (χ3n) is 5.80. The second-order valence-electron chi connectivity index (χ2n) is 7.76. The number of imidazole rings is 1. The van der Waals surface area contributed by atoms with Gasteiger partial charge in [0, 0.05) is 31.4 Å². The van der Waals surface area contributed by atoms with Crippen molar-refractivity contribution in [2.45, 2.75) is 31.7 Å². The molecular weight excluding hydrogens is 400 g/mol. The molecule has 0 aliphatic carbocycles. The maximum Gasteiger partial charge on any atom is 0.256 e. The highest BCUT2D eigenvalue weighted by Crippen LogP contribution is 2.26. The van der Waals surface area contributed by atoms with Crippen molar-refractivity contribution in [1.29, 1.82) is 0 Å². The number of hydrogen-bond acceptors (Lipinski definition) is 3. The highest BCUT2D eigenvalue weighted by Gasteiger charge is 2.30. The van der Waals surface area contributed by atoms with Gasteiger partial charge < -0.3 is 9.88 Å². The van der Waals surface area contributed by atoms with Crippen molar-refractivity contribution in [2.75, 3.05) is 6.54 Å². The Balaban J connectivity index is 1.44. The van der Waals surface area contributed by atoms with Crippen molar-refractivity contribution in [3.8, 4) is 5.69 Å². The number of para-hydroxylation sites is 1. The Morgan fingerprint density at radius 3 is 2.84 bits per heavy atom. The predicted molar refractivity (Wildman–Crippen MR) is 112 cm³/mol. The van der Waals surface area contributed by atoms with Crippen molar-refractivity contribution in [2.24, 2.45) is 0 Å². The van der Waals surface area contributed by atoms with Crippen LogP contribution >= 0.6 is 0 Å². The van der Waals surface area contributed by atoms with Crippen molar-refractivity contribution in [1.82, 2.24) is 24.6 Å². The van der Waals surface area contributed by atoms with Gasteiger partial charge in [-0.05, 0) is 49.6 Å². The molecule has 0 spiro atoms. The number of carbonyl (C=O) groups is 1. The molecule has 0 saturated carbocycles. The zero-order valence-corrected chi connectivity index (χ0v) is 16.8. The summed E-state index contributed by atoms with van der Waals surface area (Å²) in [5, 5.41) is 4.27. The molecule has 1 amide bonds. The van der Waals surface area contributed by atoms with Crippen molar-refractivity contribution in [3.05, 3.63) is 77.9 Å². The van der Waals surface area contributed by atoms with E-state index in [0.717, 1.165) is 31.0 Å². The van der Waals surface area contributed by atoms with Gasteiger partial charge in [0.25, 0.3) is 5.91 Å². The molecule has 2 aromatic carbocycles. The number of nitrogens with one attached hydrogen (secondary N) is 1. The average Bonchev–Trinajstić information content (AvgIpc) is 3.47. The number of benzene rings is 2. The van der Waals surface area contributed by atoms with Gasteiger partial charge in [0.15, 0.2) is 11.6 Å². The minimum atomic E-state index is -0.954. The summed E-state index contributed by atoms with van der Waals surface area (Å²) < 4.78 is 29.3. The molecule has 1 aliphatic heterocycles. The molecule has 1 saturated heterocycles. The molecule has 5 rings (SSSR count). The molecular formula is C23H21F2N5O. The zero-order chi connectivity index (χ0) is 21.4. The normalized spacial score (nSPS) is 16.7. The number of hydrogen-bond donors (Lipinski definition) is 1. The van der Waals surface area contributed by atoms with Gasteiger partial charge in [-0.15, -0.1) is 0 Å². The number of carbonyl (C=O) groups excluding carboxylic acids is 1. The smallest absolute Gasteiger partial charge is 0.256 e. The van der Waals surface area contributed by atoms with Gasteiger partial charge in [-0.2, -0.15) is 5.10 Å². The number of aromatic nitrogens is 4. The lowest BCUT2D eigenvalue weighted by atomic mass is 9.97. The fraction of sp³-hybridized carbons (Fsp3) is 0.261. The quantitative estimate of drug-likeness (QED) is 0.535. The zero-order valence-electron chi connectivity index (χ0n) is 16.8. The first-order valence-corrected chi connectivity index (χ1v) is 10.3. The molecule has 8 heteroatoms. The summed E-state index contributed by atoms with van der Waals surface area (Å²) in [5.41, 5.74) is 1.75. The summed E-state index contributed by atoms with van der Waals surface area (Å²) in [6.45, 7) is 0.639. The van der Waals surface area contributed by atoms with Crippen LogP contribution in [0.25, 0.3) is 16.7 Å². The molecule has 1 N–H and O–H groups in total. The minimum absolute atomic E-state index is 0.00675. The number of halogens is 2. The lowest BCUT2D eigenvalue weighted by Crippen LogP contribution is -2.45. The maximum absolute atomic E-state index is 14.1. The lowest BCUT2D eigenvalue weighted by Gasteiger charge is -2.36. The van der Waals surface area contributed by atoms with Gasteiger partial charge in [-0.3, -0.25) is 4.79 Å². The van der Waals surface area contributed by atoms with Crippen LogP contribution in [0.5, 0.6) is 0 Å². The number of aromatic amines is 1. The van der Waals surface area contributed by atoms with Crippen LogP contribution in [-0.2, 0) is 6.42 Å². The lowest BCUT2D eigenvalue weighted by molar-refractivity contribution is 0.0611. The third kappa shape index (κ3) is 3.58. The molecule has 1 aliphatic rings. The van der Waals surface area contributed by atoms with E-state index >= 15 is 0 Å². The van der Waals surface area contributed by atoms with E-state index in [1.54, 1.807) is 10.9 Å². The molecule has 0 radical (unpaired) electrons. The van der Waals surface area contributed by atoms with Crippen LogP contribution in [0.1, 0.15) is 35.4 Å². The Bertz CT molecular complexity index is 1230. The van der Waals surface area contributed by atoms with Gasteiger partial charge in [0.1, 0.15) is 11.3 Å². The van der Waals surface area contributed by atoms with Crippen molar-refractivity contribution in [3.63, 3.8) is 0 Å². The molecule has 0 bridgehead atoms. The van der Waals surface area contributed by atoms with E-state index < -0.39 is 11.6 Å². The largest absolute Gasteiger partial charge is 0.342 e. The van der Waals surface area contributed by atoms with E-state index in [-0.39, 0.29) is 17.5 Å². The Labute approximate surface area is 177 Å². The maximum atomic E-state index is 14.1.